The number of carbonyl (C=O) groups excluding carboxylic acids is 1. The summed E-state index contributed by atoms with van der Waals surface area (Å²) in [6.07, 6.45) is -0.480. The lowest BCUT2D eigenvalue weighted by Gasteiger charge is -2.44. The smallest absolute Gasteiger partial charge is 0.297 e. The maximum absolute atomic E-state index is 12.7. The monoisotopic (exact) mass is 363 g/mol. The molecule has 0 saturated heterocycles. The van der Waals surface area contributed by atoms with Gasteiger partial charge in [-0.2, -0.15) is 13.2 Å². The molecule has 1 aromatic carbocycles. The fourth-order valence-electron chi connectivity index (χ4n) is 3.38. The van der Waals surface area contributed by atoms with Crippen molar-refractivity contribution in [3.8, 4) is 0 Å². The van der Waals surface area contributed by atoms with Crippen LogP contribution in [0.3, 0.4) is 0 Å². The van der Waals surface area contributed by atoms with E-state index < -0.39 is 27.3 Å². The standard InChI is InChI=1S/C16H20F3NO3S/c1-12(21)15(10-4-3-5-11-15)20(24(2,22)23)14-8-6-13(7-9-14)16(17,18)19/h6-9H,3-5,10-11H2,1-2H3. The number of ketones is 1. The fraction of sp³-hybridized carbons (Fsp3) is 0.562. The summed E-state index contributed by atoms with van der Waals surface area (Å²) in [6.45, 7) is 1.34. The lowest BCUT2D eigenvalue weighted by Crippen LogP contribution is -2.57. The Hall–Kier alpha value is -1.57. The van der Waals surface area contributed by atoms with Gasteiger partial charge in [0.25, 0.3) is 0 Å². The van der Waals surface area contributed by atoms with Gasteiger partial charge in [0.15, 0.2) is 5.78 Å². The van der Waals surface area contributed by atoms with Crippen LogP contribution in [0, 0.1) is 0 Å². The van der Waals surface area contributed by atoms with Gasteiger partial charge in [0.05, 0.1) is 17.5 Å². The highest BCUT2D eigenvalue weighted by Crippen LogP contribution is 2.40. The maximum Gasteiger partial charge on any atom is 0.416 e. The second kappa shape index (κ2) is 6.38. The summed E-state index contributed by atoms with van der Waals surface area (Å²) < 4.78 is 63.9. The van der Waals surface area contributed by atoms with Crippen molar-refractivity contribution in [3.05, 3.63) is 29.8 Å². The molecule has 0 radical (unpaired) electrons. The Balaban J connectivity index is 2.55. The number of anilines is 1. The highest BCUT2D eigenvalue weighted by Gasteiger charge is 2.46. The number of hydrogen-bond donors (Lipinski definition) is 0. The molecule has 0 bridgehead atoms. The number of hydrogen-bond acceptors (Lipinski definition) is 3. The molecule has 1 aliphatic rings. The molecule has 0 aliphatic heterocycles. The summed E-state index contributed by atoms with van der Waals surface area (Å²) >= 11 is 0. The van der Waals surface area contributed by atoms with Gasteiger partial charge in [-0.1, -0.05) is 19.3 Å². The zero-order valence-corrected chi connectivity index (χ0v) is 14.4. The van der Waals surface area contributed by atoms with Gasteiger partial charge in [0.2, 0.25) is 10.0 Å². The van der Waals surface area contributed by atoms with Gasteiger partial charge in [-0.15, -0.1) is 0 Å². The lowest BCUT2D eigenvalue weighted by atomic mass is 9.78. The average molecular weight is 363 g/mol. The summed E-state index contributed by atoms with van der Waals surface area (Å²) in [4.78, 5) is 12.3. The van der Waals surface area contributed by atoms with Gasteiger partial charge in [0, 0.05) is 0 Å². The van der Waals surface area contributed by atoms with Crippen LogP contribution >= 0.6 is 0 Å². The van der Waals surface area contributed by atoms with Crippen LogP contribution in [0.4, 0.5) is 18.9 Å². The molecule has 0 N–H and O–H groups in total. The topological polar surface area (TPSA) is 54.5 Å². The van der Waals surface area contributed by atoms with E-state index in [1.54, 1.807) is 0 Å². The number of alkyl halides is 3. The minimum absolute atomic E-state index is 0.0857. The number of Topliss-reactive ketones (excluding diaryl/α,β-unsaturated/α-hetero) is 1. The maximum atomic E-state index is 12.7. The van der Waals surface area contributed by atoms with E-state index in [9.17, 15) is 26.4 Å². The predicted octanol–water partition coefficient (Wildman–Crippen LogP) is 3.76. The lowest BCUT2D eigenvalue weighted by molar-refractivity contribution is -0.137. The first-order chi connectivity index (χ1) is 11.0. The van der Waals surface area contributed by atoms with Gasteiger partial charge in [-0.3, -0.25) is 9.10 Å². The van der Waals surface area contributed by atoms with Crippen molar-refractivity contribution >= 4 is 21.5 Å². The highest BCUT2D eigenvalue weighted by molar-refractivity contribution is 7.92. The Bertz CT molecular complexity index is 705. The number of benzene rings is 1. The molecular formula is C16H20F3NO3S. The summed E-state index contributed by atoms with van der Waals surface area (Å²) in [5.74, 6) is -0.285. The minimum Gasteiger partial charge on any atom is -0.297 e. The Morgan fingerprint density at radius 3 is 1.96 bits per heavy atom. The number of nitrogens with zero attached hydrogens (tertiary/aromatic N) is 1. The molecule has 0 atom stereocenters. The molecule has 0 unspecified atom stereocenters. The highest BCUT2D eigenvalue weighted by atomic mass is 32.2. The molecule has 8 heteroatoms. The van der Waals surface area contributed by atoms with Crippen LogP contribution < -0.4 is 4.31 Å². The van der Waals surface area contributed by atoms with E-state index in [0.29, 0.717) is 25.7 Å². The largest absolute Gasteiger partial charge is 0.416 e. The van der Waals surface area contributed by atoms with E-state index in [2.05, 4.69) is 0 Å². The number of halogens is 3. The first-order valence-electron chi connectivity index (χ1n) is 7.67. The quantitative estimate of drug-likeness (QED) is 0.818. The van der Waals surface area contributed by atoms with Crippen molar-refractivity contribution in [1.82, 2.24) is 0 Å². The van der Waals surface area contributed by atoms with Crippen LogP contribution in [0.5, 0.6) is 0 Å². The third kappa shape index (κ3) is 3.58. The Labute approximate surface area is 139 Å². The van der Waals surface area contributed by atoms with Crippen molar-refractivity contribution in [3.63, 3.8) is 0 Å². The molecule has 1 aliphatic carbocycles. The van der Waals surface area contributed by atoms with E-state index in [0.717, 1.165) is 41.2 Å². The van der Waals surface area contributed by atoms with Gasteiger partial charge < -0.3 is 0 Å². The average Bonchev–Trinajstić information content (AvgIpc) is 2.46. The zero-order chi connectivity index (χ0) is 18.2. The van der Waals surface area contributed by atoms with Crippen molar-refractivity contribution < 1.29 is 26.4 Å². The molecule has 0 spiro atoms. The first kappa shape index (κ1) is 18.8. The van der Waals surface area contributed by atoms with Gasteiger partial charge in [-0.25, -0.2) is 8.42 Å². The minimum atomic E-state index is -4.50. The van der Waals surface area contributed by atoms with Crippen LogP contribution in [0.2, 0.25) is 0 Å². The zero-order valence-electron chi connectivity index (χ0n) is 13.6. The van der Waals surface area contributed by atoms with Crippen LogP contribution in [0.1, 0.15) is 44.6 Å². The fourth-order valence-corrected chi connectivity index (χ4v) is 4.83. The Morgan fingerprint density at radius 2 is 1.58 bits per heavy atom. The number of carbonyl (C=O) groups is 1. The van der Waals surface area contributed by atoms with E-state index in [4.69, 9.17) is 0 Å². The third-order valence-electron chi connectivity index (χ3n) is 4.49. The summed E-state index contributed by atoms with van der Waals surface area (Å²) in [6, 6.07) is 3.90. The molecule has 1 fully saturated rings. The summed E-state index contributed by atoms with van der Waals surface area (Å²) in [5, 5.41) is 0. The van der Waals surface area contributed by atoms with Crippen LogP contribution in [0.15, 0.2) is 24.3 Å². The van der Waals surface area contributed by atoms with Crippen LogP contribution in [-0.4, -0.2) is 26.0 Å². The molecule has 2 rings (SSSR count). The van der Waals surface area contributed by atoms with E-state index in [1.165, 1.54) is 6.92 Å². The van der Waals surface area contributed by atoms with E-state index >= 15 is 0 Å². The predicted molar refractivity (Wildman–Crippen MR) is 85.3 cm³/mol. The SMILES string of the molecule is CC(=O)C1(N(c2ccc(C(F)(F)F)cc2)S(C)(=O)=O)CCCCC1. The molecule has 1 aromatic rings. The normalized spacial score (nSPS) is 18.2. The molecule has 134 valence electrons. The van der Waals surface area contributed by atoms with Crippen molar-refractivity contribution in [2.45, 2.75) is 50.7 Å². The molecular weight excluding hydrogens is 343 g/mol. The van der Waals surface area contributed by atoms with Crippen molar-refractivity contribution in [2.24, 2.45) is 0 Å². The second-order valence-corrected chi connectivity index (χ2v) is 8.05. The third-order valence-corrected chi connectivity index (χ3v) is 5.71. The molecule has 24 heavy (non-hydrogen) atoms. The molecule has 0 heterocycles. The van der Waals surface area contributed by atoms with Gasteiger partial charge in [0.1, 0.15) is 5.54 Å². The van der Waals surface area contributed by atoms with E-state index in [-0.39, 0.29) is 11.5 Å². The van der Waals surface area contributed by atoms with Crippen LogP contribution in [0.25, 0.3) is 0 Å². The Morgan fingerprint density at radius 1 is 1.08 bits per heavy atom. The first-order valence-corrected chi connectivity index (χ1v) is 9.52. The molecule has 0 amide bonds. The summed E-state index contributed by atoms with van der Waals surface area (Å²) in [5.41, 5.74) is -1.99. The second-order valence-electron chi connectivity index (χ2n) is 6.22. The Kier molecular flexibility index (Phi) is 4.99. The van der Waals surface area contributed by atoms with Crippen molar-refractivity contribution in [1.29, 1.82) is 0 Å². The molecule has 0 aromatic heterocycles. The van der Waals surface area contributed by atoms with Gasteiger partial charge >= 0.3 is 6.18 Å². The van der Waals surface area contributed by atoms with E-state index in [1.807, 2.05) is 0 Å². The van der Waals surface area contributed by atoms with Crippen LogP contribution in [-0.2, 0) is 21.0 Å². The summed E-state index contributed by atoms with van der Waals surface area (Å²) in [7, 11) is -3.84. The molecule has 1 saturated carbocycles. The van der Waals surface area contributed by atoms with Crippen molar-refractivity contribution in [2.75, 3.05) is 10.6 Å². The van der Waals surface area contributed by atoms with Gasteiger partial charge in [-0.05, 0) is 44.0 Å². The number of sulfonamides is 1. The number of rotatable bonds is 4. The molecule has 4 nitrogen and oxygen atoms in total.